The Morgan fingerprint density at radius 3 is 2.64 bits per heavy atom. The Morgan fingerprint density at radius 1 is 1.32 bits per heavy atom. The molecule has 1 aromatic carbocycles. The van der Waals surface area contributed by atoms with Crippen LogP contribution in [0.15, 0.2) is 36.7 Å². The summed E-state index contributed by atoms with van der Waals surface area (Å²) in [6, 6.07) is 7.31. The number of carbonyl (C=O) groups is 1. The standard InChI is InChI=1S/C18H21N5O2/c1-11(16-10-23(3)22-12(16)2)20-18(24)15-9-19-21-17(15)13-5-7-14(25-4)8-6-13/h5-11H,1-4H3,(H,19,21)(H,20,24)/t11-/m0/s1. The minimum Gasteiger partial charge on any atom is -0.497 e. The number of H-pyrrole nitrogens is 1. The van der Waals surface area contributed by atoms with E-state index in [1.54, 1.807) is 11.8 Å². The van der Waals surface area contributed by atoms with Crippen molar-refractivity contribution in [1.29, 1.82) is 0 Å². The van der Waals surface area contributed by atoms with Crippen molar-refractivity contribution in [2.24, 2.45) is 7.05 Å². The second-order valence-electron chi connectivity index (χ2n) is 5.93. The van der Waals surface area contributed by atoms with E-state index in [-0.39, 0.29) is 11.9 Å². The van der Waals surface area contributed by atoms with Crippen LogP contribution in [0.25, 0.3) is 11.3 Å². The average molecular weight is 339 g/mol. The number of carbonyl (C=O) groups excluding carboxylic acids is 1. The molecule has 2 aromatic heterocycles. The SMILES string of the molecule is COc1ccc(-c2[nH]ncc2C(=O)N[C@@H](C)c2cn(C)nc2C)cc1. The molecule has 2 heterocycles. The van der Waals surface area contributed by atoms with E-state index in [0.29, 0.717) is 11.3 Å². The normalized spacial score (nSPS) is 12.0. The summed E-state index contributed by atoms with van der Waals surface area (Å²) in [6.45, 7) is 3.87. The summed E-state index contributed by atoms with van der Waals surface area (Å²) in [4.78, 5) is 12.7. The molecule has 0 unspecified atom stereocenters. The molecule has 0 aliphatic carbocycles. The molecular formula is C18H21N5O2. The molecule has 0 bridgehead atoms. The summed E-state index contributed by atoms with van der Waals surface area (Å²) in [6.07, 6.45) is 3.46. The van der Waals surface area contributed by atoms with Gasteiger partial charge in [0.2, 0.25) is 0 Å². The van der Waals surface area contributed by atoms with Crippen LogP contribution in [-0.2, 0) is 7.05 Å². The molecule has 2 N–H and O–H groups in total. The Bertz CT molecular complexity index is 879. The first-order chi connectivity index (χ1) is 12.0. The number of ether oxygens (including phenoxy) is 1. The predicted molar refractivity (Wildman–Crippen MR) is 94.4 cm³/mol. The smallest absolute Gasteiger partial charge is 0.255 e. The minimum atomic E-state index is -0.185. The van der Waals surface area contributed by atoms with Gasteiger partial charge in [0.1, 0.15) is 5.75 Å². The van der Waals surface area contributed by atoms with E-state index in [1.165, 1.54) is 6.20 Å². The molecule has 3 rings (SSSR count). The first-order valence-electron chi connectivity index (χ1n) is 7.98. The summed E-state index contributed by atoms with van der Waals surface area (Å²) in [5.41, 5.74) is 3.94. The van der Waals surface area contributed by atoms with E-state index in [9.17, 15) is 4.79 Å². The maximum absolute atomic E-state index is 12.7. The second-order valence-corrected chi connectivity index (χ2v) is 5.93. The van der Waals surface area contributed by atoms with Gasteiger partial charge in [-0.2, -0.15) is 10.2 Å². The highest BCUT2D eigenvalue weighted by molar-refractivity contribution is 5.99. The predicted octanol–water partition coefficient (Wildman–Crippen LogP) is 2.62. The number of nitrogens with zero attached hydrogens (tertiary/aromatic N) is 3. The molecule has 0 radical (unpaired) electrons. The second kappa shape index (κ2) is 6.80. The van der Waals surface area contributed by atoms with Gasteiger partial charge in [0.05, 0.1) is 36.3 Å². The van der Waals surface area contributed by atoms with Crippen molar-refractivity contribution < 1.29 is 9.53 Å². The molecule has 0 aliphatic rings. The molecule has 1 amide bonds. The first-order valence-corrected chi connectivity index (χ1v) is 7.98. The summed E-state index contributed by atoms with van der Waals surface area (Å²) in [7, 11) is 3.48. The lowest BCUT2D eigenvalue weighted by Crippen LogP contribution is -2.27. The quantitative estimate of drug-likeness (QED) is 0.748. The van der Waals surface area contributed by atoms with Gasteiger partial charge < -0.3 is 10.1 Å². The Hall–Kier alpha value is -3.09. The highest BCUT2D eigenvalue weighted by atomic mass is 16.5. The molecule has 0 fully saturated rings. The number of aromatic amines is 1. The largest absolute Gasteiger partial charge is 0.497 e. The van der Waals surface area contributed by atoms with Crippen LogP contribution in [0.3, 0.4) is 0 Å². The number of rotatable bonds is 5. The first kappa shape index (κ1) is 16.8. The van der Waals surface area contributed by atoms with E-state index in [0.717, 1.165) is 22.6 Å². The number of benzene rings is 1. The molecule has 25 heavy (non-hydrogen) atoms. The topological polar surface area (TPSA) is 84.8 Å². The molecule has 1 atom stereocenters. The van der Waals surface area contributed by atoms with Gasteiger partial charge in [-0.25, -0.2) is 0 Å². The maximum Gasteiger partial charge on any atom is 0.255 e. The third-order valence-corrected chi connectivity index (χ3v) is 4.13. The van der Waals surface area contributed by atoms with Crippen LogP contribution in [0.4, 0.5) is 0 Å². The van der Waals surface area contributed by atoms with E-state index in [4.69, 9.17) is 4.74 Å². The highest BCUT2D eigenvalue weighted by Gasteiger charge is 2.19. The number of amides is 1. The van der Waals surface area contributed by atoms with Gasteiger partial charge in [-0.3, -0.25) is 14.6 Å². The number of hydrogen-bond donors (Lipinski definition) is 2. The fourth-order valence-corrected chi connectivity index (χ4v) is 2.83. The third-order valence-electron chi connectivity index (χ3n) is 4.13. The zero-order valence-electron chi connectivity index (χ0n) is 14.7. The van der Waals surface area contributed by atoms with Crippen molar-refractivity contribution in [3.8, 4) is 17.0 Å². The van der Waals surface area contributed by atoms with E-state index in [1.807, 2.05) is 51.4 Å². The molecule has 0 spiro atoms. The van der Waals surface area contributed by atoms with Crippen molar-refractivity contribution in [2.45, 2.75) is 19.9 Å². The van der Waals surface area contributed by atoms with Crippen LogP contribution in [-0.4, -0.2) is 33.0 Å². The Morgan fingerprint density at radius 2 is 2.04 bits per heavy atom. The lowest BCUT2D eigenvalue weighted by atomic mass is 10.1. The lowest BCUT2D eigenvalue weighted by molar-refractivity contribution is 0.0940. The summed E-state index contributed by atoms with van der Waals surface area (Å²) in [5.74, 6) is 0.574. The molecule has 7 heteroatoms. The third kappa shape index (κ3) is 3.40. The van der Waals surface area contributed by atoms with Crippen molar-refractivity contribution in [2.75, 3.05) is 7.11 Å². The monoisotopic (exact) mass is 339 g/mol. The van der Waals surface area contributed by atoms with Gasteiger partial charge in [0, 0.05) is 24.4 Å². The fraction of sp³-hybridized carbons (Fsp3) is 0.278. The molecule has 3 aromatic rings. The van der Waals surface area contributed by atoms with Crippen molar-refractivity contribution >= 4 is 5.91 Å². The van der Waals surface area contributed by atoms with E-state index in [2.05, 4.69) is 20.6 Å². The molecule has 0 aliphatic heterocycles. The zero-order valence-corrected chi connectivity index (χ0v) is 14.7. The number of methoxy groups -OCH3 is 1. The molecule has 0 saturated heterocycles. The molecular weight excluding hydrogens is 318 g/mol. The Balaban J connectivity index is 1.81. The average Bonchev–Trinajstić information content (AvgIpc) is 3.21. The minimum absolute atomic E-state index is 0.153. The zero-order chi connectivity index (χ0) is 18.0. The van der Waals surface area contributed by atoms with Crippen LogP contribution in [0, 0.1) is 6.92 Å². The van der Waals surface area contributed by atoms with Gasteiger partial charge in [-0.15, -0.1) is 0 Å². The van der Waals surface area contributed by atoms with Gasteiger partial charge in [-0.1, -0.05) is 0 Å². The number of aryl methyl sites for hydroxylation is 2. The summed E-state index contributed by atoms with van der Waals surface area (Å²) >= 11 is 0. The van der Waals surface area contributed by atoms with Crippen molar-refractivity contribution in [1.82, 2.24) is 25.3 Å². The van der Waals surface area contributed by atoms with Crippen molar-refractivity contribution in [3.05, 3.63) is 53.5 Å². The van der Waals surface area contributed by atoms with Gasteiger partial charge in [-0.05, 0) is 38.1 Å². The van der Waals surface area contributed by atoms with Gasteiger partial charge in [0.15, 0.2) is 0 Å². The fourth-order valence-electron chi connectivity index (χ4n) is 2.83. The van der Waals surface area contributed by atoms with E-state index < -0.39 is 0 Å². The summed E-state index contributed by atoms with van der Waals surface area (Å²) < 4.78 is 6.91. The van der Waals surface area contributed by atoms with Crippen LogP contribution < -0.4 is 10.1 Å². The maximum atomic E-state index is 12.7. The molecule has 130 valence electrons. The molecule has 7 nitrogen and oxygen atoms in total. The van der Waals surface area contributed by atoms with Gasteiger partial charge >= 0.3 is 0 Å². The number of nitrogens with one attached hydrogen (secondary N) is 2. The lowest BCUT2D eigenvalue weighted by Gasteiger charge is -2.13. The highest BCUT2D eigenvalue weighted by Crippen LogP contribution is 2.24. The number of aromatic nitrogens is 4. The van der Waals surface area contributed by atoms with Crippen LogP contribution in [0.5, 0.6) is 5.75 Å². The number of hydrogen-bond acceptors (Lipinski definition) is 4. The van der Waals surface area contributed by atoms with E-state index >= 15 is 0 Å². The Kier molecular flexibility index (Phi) is 4.56. The Labute approximate surface area is 146 Å². The van der Waals surface area contributed by atoms with Crippen LogP contribution in [0.1, 0.15) is 34.6 Å². The van der Waals surface area contributed by atoms with Crippen LogP contribution in [0.2, 0.25) is 0 Å². The van der Waals surface area contributed by atoms with Crippen molar-refractivity contribution in [3.63, 3.8) is 0 Å². The molecule has 0 saturated carbocycles. The van der Waals surface area contributed by atoms with Gasteiger partial charge in [0.25, 0.3) is 5.91 Å². The van der Waals surface area contributed by atoms with Crippen LogP contribution >= 0.6 is 0 Å². The summed E-state index contributed by atoms with van der Waals surface area (Å²) in [5, 5.41) is 14.3.